The number of hydrogen-bond acceptors (Lipinski definition) is 5. The summed E-state index contributed by atoms with van der Waals surface area (Å²) in [7, 11) is 3.14. The van der Waals surface area contributed by atoms with Crippen molar-refractivity contribution in [1.29, 1.82) is 0 Å². The van der Waals surface area contributed by atoms with Crippen molar-refractivity contribution in [2.24, 2.45) is 0 Å². The zero-order valence-electron chi connectivity index (χ0n) is 18.1. The van der Waals surface area contributed by atoms with Gasteiger partial charge in [-0.15, -0.1) is 0 Å². The molecule has 0 saturated heterocycles. The van der Waals surface area contributed by atoms with Gasteiger partial charge in [0.15, 0.2) is 0 Å². The summed E-state index contributed by atoms with van der Waals surface area (Å²) in [6, 6.07) is 20.3. The van der Waals surface area contributed by atoms with Crippen molar-refractivity contribution in [3.63, 3.8) is 0 Å². The number of nitrogens with one attached hydrogen (secondary N) is 1. The molecule has 0 radical (unpaired) electrons. The van der Waals surface area contributed by atoms with E-state index in [4.69, 9.17) is 9.47 Å². The van der Waals surface area contributed by atoms with Crippen molar-refractivity contribution in [2.45, 2.75) is 13.0 Å². The quantitative estimate of drug-likeness (QED) is 0.233. The number of nitrogens with zero attached hydrogens (tertiary/aromatic N) is 1. The van der Waals surface area contributed by atoms with E-state index >= 15 is 0 Å². The van der Waals surface area contributed by atoms with Gasteiger partial charge >= 0.3 is 0 Å². The number of non-ortho nitro benzene ring substituents is 1. The molecule has 0 bridgehead atoms. The van der Waals surface area contributed by atoms with Gasteiger partial charge in [-0.2, -0.15) is 0 Å². The van der Waals surface area contributed by atoms with Crippen LogP contribution in [0.3, 0.4) is 0 Å². The van der Waals surface area contributed by atoms with Gasteiger partial charge in [-0.05, 0) is 42.3 Å². The van der Waals surface area contributed by atoms with Crippen LogP contribution in [-0.4, -0.2) is 25.1 Å². The first kappa shape index (κ1) is 22.6. The third kappa shape index (κ3) is 5.31. The standard InChI is InChI=1S/C25H24N2O5/c1-17(22-16-21(31-2)12-13-24(22)32-3)26-25(28)23(19-9-5-4-6-10-19)15-18-8-7-11-20(14-18)27(29)30/h4-17H,1-3H3,(H,26,28)/b23-15+/t17-/m0/s1. The molecule has 0 unspecified atom stereocenters. The van der Waals surface area contributed by atoms with Crippen molar-refractivity contribution < 1.29 is 19.2 Å². The molecule has 7 heteroatoms. The van der Waals surface area contributed by atoms with E-state index in [2.05, 4.69) is 5.32 Å². The minimum atomic E-state index is -0.462. The average Bonchev–Trinajstić information content (AvgIpc) is 2.82. The van der Waals surface area contributed by atoms with Crippen LogP contribution in [0.15, 0.2) is 72.8 Å². The normalized spacial score (nSPS) is 12.0. The number of amides is 1. The second-order valence-electron chi connectivity index (χ2n) is 7.08. The average molecular weight is 432 g/mol. The Bertz CT molecular complexity index is 1140. The lowest BCUT2D eigenvalue weighted by Gasteiger charge is -2.19. The number of nitro benzene ring substituents is 1. The van der Waals surface area contributed by atoms with Crippen LogP contribution in [0.25, 0.3) is 11.6 Å². The van der Waals surface area contributed by atoms with E-state index in [0.717, 1.165) is 5.56 Å². The van der Waals surface area contributed by atoms with Gasteiger partial charge in [-0.3, -0.25) is 14.9 Å². The molecule has 3 aromatic rings. The van der Waals surface area contributed by atoms with Crippen LogP contribution in [0, 0.1) is 10.1 Å². The summed E-state index contributed by atoms with van der Waals surface area (Å²) in [5, 5.41) is 14.1. The molecule has 0 aliphatic carbocycles. The molecule has 0 heterocycles. The molecule has 0 spiro atoms. The highest BCUT2D eigenvalue weighted by atomic mass is 16.6. The summed E-state index contributed by atoms with van der Waals surface area (Å²) in [5.41, 5.74) is 2.37. The Morgan fingerprint density at radius 1 is 1.00 bits per heavy atom. The maximum absolute atomic E-state index is 13.3. The molecule has 0 aromatic heterocycles. The number of carbonyl (C=O) groups excluding carboxylic acids is 1. The molecule has 1 amide bonds. The molecule has 0 saturated carbocycles. The van der Waals surface area contributed by atoms with E-state index < -0.39 is 4.92 Å². The number of carbonyl (C=O) groups is 1. The largest absolute Gasteiger partial charge is 0.497 e. The van der Waals surface area contributed by atoms with Gasteiger partial charge in [-0.25, -0.2) is 0 Å². The van der Waals surface area contributed by atoms with Crippen LogP contribution >= 0.6 is 0 Å². The first-order valence-corrected chi connectivity index (χ1v) is 9.97. The maximum Gasteiger partial charge on any atom is 0.270 e. The first-order chi connectivity index (χ1) is 15.4. The predicted molar refractivity (Wildman–Crippen MR) is 124 cm³/mol. The van der Waals surface area contributed by atoms with E-state index in [1.165, 1.54) is 12.1 Å². The number of benzene rings is 3. The number of methoxy groups -OCH3 is 2. The van der Waals surface area contributed by atoms with Crippen LogP contribution in [0.2, 0.25) is 0 Å². The third-order valence-corrected chi connectivity index (χ3v) is 4.97. The van der Waals surface area contributed by atoms with Gasteiger partial charge in [0.05, 0.1) is 25.2 Å². The fourth-order valence-electron chi connectivity index (χ4n) is 3.32. The Kier molecular flexibility index (Phi) is 7.23. The van der Waals surface area contributed by atoms with E-state index in [1.807, 2.05) is 43.3 Å². The number of hydrogen-bond donors (Lipinski definition) is 1. The summed E-state index contributed by atoms with van der Waals surface area (Å²) in [6.07, 6.45) is 1.65. The van der Waals surface area contributed by atoms with E-state index in [1.54, 1.807) is 44.6 Å². The van der Waals surface area contributed by atoms with Crippen molar-refractivity contribution in [3.8, 4) is 11.5 Å². The van der Waals surface area contributed by atoms with Crippen LogP contribution in [0.4, 0.5) is 5.69 Å². The fraction of sp³-hybridized carbons (Fsp3) is 0.160. The third-order valence-electron chi connectivity index (χ3n) is 4.97. The molecule has 32 heavy (non-hydrogen) atoms. The minimum absolute atomic E-state index is 0.0407. The van der Waals surface area contributed by atoms with Gasteiger partial charge in [0.2, 0.25) is 0 Å². The molecular formula is C25H24N2O5. The molecule has 7 nitrogen and oxygen atoms in total. The second kappa shape index (κ2) is 10.3. The van der Waals surface area contributed by atoms with E-state index in [9.17, 15) is 14.9 Å². The number of rotatable bonds is 8. The van der Waals surface area contributed by atoms with E-state index in [-0.39, 0.29) is 17.6 Å². The molecule has 1 atom stereocenters. The Hall–Kier alpha value is -4.13. The lowest BCUT2D eigenvalue weighted by Crippen LogP contribution is -2.27. The summed E-state index contributed by atoms with van der Waals surface area (Å²) in [6.45, 7) is 1.85. The van der Waals surface area contributed by atoms with Gasteiger partial charge in [0.25, 0.3) is 11.6 Å². The highest BCUT2D eigenvalue weighted by Crippen LogP contribution is 2.30. The topological polar surface area (TPSA) is 90.7 Å². The highest BCUT2D eigenvalue weighted by Gasteiger charge is 2.19. The number of ether oxygens (including phenoxy) is 2. The molecule has 3 aromatic carbocycles. The van der Waals surface area contributed by atoms with Crippen molar-refractivity contribution in [1.82, 2.24) is 5.32 Å². The van der Waals surface area contributed by atoms with Crippen LogP contribution in [0.1, 0.15) is 29.7 Å². The van der Waals surface area contributed by atoms with Gasteiger partial charge in [0, 0.05) is 23.3 Å². The Balaban J connectivity index is 1.97. The molecule has 0 aliphatic heterocycles. The molecule has 0 fully saturated rings. The molecule has 3 rings (SSSR count). The Morgan fingerprint density at radius 2 is 1.75 bits per heavy atom. The maximum atomic E-state index is 13.3. The van der Waals surface area contributed by atoms with Gasteiger partial charge in [-0.1, -0.05) is 42.5 Å². The van der Waals surface area contributed by atoms with Crippen LogP contribution in [-0.2, 0) is 4.79 Å². The second-order valence-corrected chi connectivity index (χ2v) is 7.08. The number of nitro groups is 1. The summed E-state index contributed by atoms with van der Waals surface area (Å²) in [4.78, 5) is 24.0. The minimum Gasteiger partial charge on any atom is -0.497 e. The molecule has 164 valence electrons. The van der Waals surface area contributed by atoms with Crippen molar-refractivity contribution in [2.75, 3.05) is 14.2 Å². The predicted octanol–water partition coefficient (Wildman–Crippen LogP) is 5.03. The van der Waals surface area contributed by atoms with Gasteiger partial charge in [0.1, 0.15) is 11.5 Å². The highest BCUT2D eigenvalue weighted by molar-refractivity contribution is 6.24. The smallest absolute Gasteiger partial charge is 0.270 e. The zero-order chi connectivity index (χ0) is 23.1. The zero-order valence-corrected chi connectivity index (χ0v) is 18.1. The lowest BCUT2D eigenvalue weighted by molar-refractivity contribution is -0.384. The van der Waals surface area contributed by atoms with Crippen molar-refractivity contribution >= 4 is 23.2 Å². The van der Waals surface area contributed by atoms with Crippen LogP contribution < -0.4 is 14.8 Å². The Morgan fingerprint density at radius 3 is 2.41 bits per heavy atom. The van der Waals surface area contributed by atoms with Crippen molar-refractivity contribution in [3.05, 3.63) is 99.6 Å². The molecular weight excluding hydrogens is 408 g/mol. The first-order valence-electron chi connectivity index (χ1n) is 9.97. The fourth-order valence-corrected chi connectivity index (χ4v) is 3.32. The van der Waals surface area contributed by atoms with Gasteiger partial charge < -0.3 is 14.8 Å². The van der Waals surface area contributed by atoms with E-state index in [0.29, 0.717) is 28.2 Å². The summed E-state index contributed by atoms with van der Waals surface area (Å²) in [5.74, 6) is 0.958. The van der Waals surface area contributed by atoms with Crippen LogP contribution in [0.5, 0.6) is 11.5 Å². The lowest BCUT2D eigenvalue weighted by atomic mass is 10.0. The Labute approximate surface area is 186 Å². The monoisotopic (exact) mass is 432 g/mol. The summed E-state index contributed by atoms with van der Waals surface area (Å²) < 4.78 is 10.7. The molecule has 1 N–H and O–H groups in total. The molecule has 0 aliphatic rings. The SMILES string of the molecule is COc1ccc(OC)c([C@H](C)NC(=O)/C(=C/c2cccc([N+](=O)[O-])c2)c2ccccc2)c1. The summed E-state index contributed by atoms with van der Waals surface area (Å²) >= 11 is 0.